The maximum Gasteiger partial charge on any atom is 0.419 e. The Bertz CT molecular complexity index is 1030. The lowest BCUT2D eigenvalue weighted by molar-refractivity contribution is -0.140. The molecule has 11 heteroatoms. The normalized spacial score (nSPS) is 19.5. The van der Waals surface area contributed by atoms with Gasteiger partial charge in [0, 0.05) is 29.6 Å². The molecule has 3 rings (SSSR count). The molecular formula is C17H15F6NO3S. The molecule has 0 fully saturated rings. The van der Waals surface area contributed by atoms with Crippen LogP contribution in [-0.4, -0.2) is 29.8 Å². The number of nitrogens with zero attached hydrogens (tertiary/aromatic N) is 1. The van der Waals surface area contributed by atoms with E-state index >= 15 is 0 Å². The van der Waals surface area contributed by atoms with Gasteiger partial charge in [0.1, 0.15) is 11.9 Å². The van der Waals surface area contributed by atoms with E-state index in [4.69, 9.17) is 0 Å². The average Bonchev–Trinajstić information content (AvgIpc) is 2.98. The van der Waals surface area contributed by atoms with Gasteiger partial charge in [-0.25, -0.2) is 21.6 Å². The van der Waals surface area contributed by atoms with E-state index in [1.165, 1.54) is 6.92 Å². The van der Waals surface area contributed by atoms with Gasteiger partial charge < -0.3 is 9.67 Å². The Balaban J connectivity index is 2.30. The summed E-state index contributed by atoms with van der Waals surface area (Å²) in [5.74, 6) is -5.57. The summed E-state index contributed by atoms with van der Waals surface area (Å²) in [5, 5.41) is 10.0. The summed E-state index contributed by atoms with van der Waals surface area (Å²) < 4.78 is 106. The highest BCUT2D eigenvalue weighted by molar-refractivity contribution is 7.91. The fraction of sp³-hybridized carbons (Fsp3) is 0.412. The second kappa shape index (κ2) is 6.51. The summed E-state index contributed by atoms with van der Waals surface area (Å²) in [7, 11) is -4.07. The van der Waals surface area contributed by atoms with Crippen molar-refractivity contribution in [1.82, 2.24) is 4.57 Å². The third-order valence-corrected chi connectivity index (χ3v) is 6.49. The predicted molar refractivity (Wildman–Crippen MR) is 86.7 cm³/mol. The Morgan fingerprint density at radius 3 is 2.50 bits per heavy atom. The molecule has 28 heavy (non-hydrogen) atoms. The van der Waals surface area contributed by atoms with Gasteiger partial charge in [0.15, 0.2) is 9.84 Å². The third kappa shape index (κ3) is 3.30. The number of rotatable bonds is 3. The predicted octanol–water partition coefficient (Wildman–Crippen LogP) is 4.04. The van der Waals surface area contributed by atoms with E-state index < -0.39 is 62.1 Å². The molecular weight excluding hydrogens is 412 g/mol. The lowest BCUT2D eigenvalue weighted by Gasteiger charge is -2.29. The number of aliphatic hydroxyl groups excluding tert-OH is 1. The number of aromatic nitrogens is 1. The van der Waals surface area contributed by atoms with E-state index in [-0.39, 0.29) is 17.8 Å². The van der Waals surface area contributed by atoms with Crippen LogP contribution in [0.5, 0.6) is 0 Å². The number of hydrogen-bond acceptors (Lipinski definition) is 3. The number of aliphatic hydroxyl groups is 1. The van der Waals surface area contributed by atoms with Crippen molar-refractivity contribution < 1.29 is 39.9 Å². The van der Waals surface area contributed by atoms with Gasteiger partial charge in [-0.05, 0) is 24.6 Å². The van der Waals surface area contributed by atoms with Gasteiger partial charge in [-0.15, -0.1) is 0 Å². The van der Waals surface area contributed by atoms with Gasteiger partial charge in [0.2, 0.25) is 0 Å². The van der Waals surface area contributed by atoms with Crippen molar-refractivity contribution in [1.29, 1.82) is 0 Å². The van der Waals surface area contributed by atoms with E-state index in [9.17, 15) is 39.9 Å². The lowest BCUT2D eigenvalue weighted by atomic mass is 9.91. The first-order chi connectivity index (χ1) is 12.8. The number of halogens is 6. The SMILES string of the molecule is CCS(=O)(=O)c1cn(-c2ccc(F)c(C(F)(F)F)c2)c2c1C(O)C(F)(F)CC2. The molecule has 1 aromatic heterocycles. The van der Waals surface area contributed by atoms with Gasteiger partial charge >= 0.3 is 6.18 Å². The van der Waals surface area contributed by atoms with Gasteiger partial charge in [0.25, 0.3) is 5.92 Å². The highest BCUT2D eigenvalue weighted by atomic mass is 32.2. The Labute approximate surface area is 156 Å². The standard InChI is InChI=1S/C17H15F6NO3S/c1-2-28(26,27)13-8-24(12-5-6-16(19,20)15(25)14(12)13)9-3-4-11(18)10(7-9)17(21,22)23/h3-4,7-8,15,25H,2,5-6H2,1H3. The van der Waals surface area contributed by atoms with Crippen LogP contribution < -0.4 is 0 Å². The second-order valence-electron chi connectivity index (χ2n) is 6.45. The summed E-state index contributed by atoms with van der Waals surface area (Å²) in [5.41, 5.74) is -2.41. The maximum absolute atomic E-state index is 14.0. The van der Waals surface area contributed by atoms with Crippen molar-refractivity contribution in [3.8, 4) is 5.69 Å². The molecule has 0 amide bonds. The van der Waals surface area contributed by atoms with Crippen LogP contribution in [0, 0.1) is 5.82 Å². The minimum Gasteiger partial charge on any atom is -0.382 e. The monoisotopic (exact) mass is 427 g/mol. The first kappa shape index (κ1) is 20.7. The third-order valence-electron chi connectivity index (χ3n) is 4.73. The number of benzene rings is 1. The molecule has 0 saturated carbocycles. The Morgan fingerprint density at radius 2 is 1.93 bits per heavy atom. The Morgan fingerprint density at radius 1 is 1.29 bits per heavy atom. The van der Waals surface area contributed by atoms with Crippen LogP contribution in [0.1, 0.15) is 36.3 Å². The number of sulfone groups is 1. The zero-order chi connectivity index (χ0) is 21.1. The van der Waals surface area contributed by atoms with Gasteiger partial charge in [-0.3, -0.25) is 0 Å². The molecule has 2 aromatic rings. The Hall–Kier alpha value is -2.01. The van der Waals surface area contributed by atoms with Crippen LogP contribution in [0.2, 0.25) is 0 Å². The maximum atomic E-state index is 14.0. The molecule has 1 atom stereocenters. The van der Waals surface area contributed by atoms with E-state index in [1.807, 2.05) is 0 Å². The van der Waals surface area contributed by atoms with Crippen LogP contribution in [0.3, 0.4) is 0 Å². The summed E-state index contributed by atoms with van der Waals surface area (Å²) in [6.07, 6.45) is -7.71. The van der Waals surface area contributed by atoms with Crippen molar-refractivity contribution in [3.05, 3.63) is 47.0 Å². The summed E-state index contributed by atoms with van der Waals surface area (Å²) in [4.78, 5) is -0.574. The van der Waals surface area contributed by atoms with Gasteiger partial charge in [-0.2, -0.15) is 13.2 Å². The highest BCUT2D eigenvalue weighted by Crippen LogP contribution is 2.46. The molecule has 1 N–H and O–H groups in total. The van der Waals surface area contributed by atoms with Crippen molar-refractivity contribution >= 4 is 9.84 Å². The van der Waals surface area contributed by atoms with E-state index in [0.29, 0.717) is 12.1 Å². The van der Waals surface area contributed by atoms with Crippen molar-refractivity contribution in [3.63, 3.8) is 0 Å². The molecule has 0 aliphatic heterocycles. The van der Waals surface area contributed by atoms with Crippen LogP contribution in [0.25, 0.3) is 5.69 Å². The molecule has 1 aliphatic carbocycles. The zero-order valence-corrected chi connectivity index (χ0v) is 15.2. The summed E-state index contributed by atoms with van der Waals surface area (Å²) in [6, 6.07) is 2.01. The molecule has 1 heterocycles. The minimum atomic E-state index is -5.00. The zero-order valence-electron chi connectivity index (χ0n) is 14.4. The van der Waals surface area contributed by atoms with Crippen molar-refractivity contribution in [2.45, 2.75) is 42.9 Å². The molecule has 0 radical (unpaired) electrons. The molecule has 4 nitrogen and oxygen atoms in total. The van der Waals surface area contributed by atoms with E-state index in [0.717, 1.165) is 16.8 Å². The number of hydrogen-bond donors (Lipinski definition) is 1. The van der Waals surface area contributed by atoms with Crippen molar-refractivity contribution in [2.75, 3.05) is 5.75 Å². The Kier molecular flexibility index (Phi) is 4.82. The minimum absolute atomic E-state index is 0.0508. The molecule has 1 aromatic carbocycles. The molecule has 1 aliphatic rings. The highest BCUT2D eigenvalue weighted by Gasteiger charge is 2.47. The topological polar surface area (TPSA) is 59.3 Å². The van der Waals surface area contributed by atoms with Crippen molar-refractivity contribution in [2.24, 2.45) is 0 Å². The quantitative estimate of drug-likeness (QED) is 0.753. The molecule has 0 saturated heterocycles. The first-order valence-corrected chi connectivity index (χ1v) is 9.84. The fourth-order valence-corrected chi connectivity index (χ4v) is 4.37. The van der Waals surface area contributed by atoms with Crippen LogP contribution in [0.15, 0.2) is 29.3 Å². The van der Waals surface area contributed by atoms with Gasteiger partial charge in [-0.1, -0.05) is 6.92 Å². The van der Waals surface area contributed by atoms with Gasteiger partial charge in [0.05, 0.1) is 16.2 Å². The molecule has 0 spiro atoms. The van der Waals surface area contributed by atoms with Crippen LogP contribution in [-0.2, 0) is 22.4 Å². The molecule has 154 valence electrons. The lowest BCUT2D eigenvalue weighted by Crippen LogP contribution is -2.33. The second-order valence-corrected chi connectivity index (χ2v) is 8.70. The van der Waals surface area contributed by atoms with Crippen LogP contribution >= 0.6 is 0 Å². The largest absolute Gasteiger partial charge is 0.419 e. The number of fused-ring (bicyclic) bond motifs is 1. The first-order valence-electron chi connectivity index (χ1n) is 8.19. The smallest absolute Gasteiger partial charge is 0.382 e. The number of alkyl halides is 5. The molecule has 0 bridgehead atoms. The fourth-order valence-electron chi connectivity index (χ4n) is 3.23. The summed E-state index contributed by atoms with van der Waals surface area (Å²) >= 11 is 0. The van der Waals surface area contributed by atoms with E-state index in [1.54, 1.807) is 0 Å². The molecule has 1 unspecified atom stereocenters. The van der Waals surface area contributed by atoms with E-state index in [2.05, 4.69) is 0 Å². The average molecular weight is 427 g/mol. The van der Waals surface area contributed by atoms with Crippen LogP contribution in [0.4, 0.5) is 26.3 Å². The summed E-state index contributed by atoms with van der Waals surface area (Å²) in [6.45, 7) is 1.27.